The van der Waals surface area contributed by atoms with E-state index in [1.54, 1.807) is 48.7 Å². The zero-order valence-corrected chi connectivity index (χ0v) is 19.5. The van der Waals surface area contributed by atoms with Crippen molar-refractivity contribution >= 4 is 34.2 Å². The Hall–Kier alpha value is -3.55. The van der Waals surface area contributed by atoms with Gasteiger partial charge in [-0.3, -0.25) is 14.4 Å². The molecule has 8 nitrogen and oxygen atoms in total. The SMILES string of the molecule is CCN1C(=O)C(C)(C)C(=O)N(C)c2cc(OCCCCn3ccc4ccoc4c3=O)ccc21. The summed E-state index contributed by atoms with van der Waals surface area (Å²) in [7, 11) is 1.69. The standard InChI is InChI=1S/C25H29N3O5/c1-5-28-19-9-8-18(16-20(19)26(4)23(30)25(2,3)24(28)31)32-14-7-6-12-27-13-10-17-11-15-33-21(17)22(27)29/h8-11,13,15-16H,5-7,12,14H2,1-4H3. The first kappa shape index (κ1) is 22.6. The van der Waals surface area contributed by atoms with Crippen LogP contribution in [0.5, 0.6) is 5.75 Å². The number of hydrogen-bond acceptors (Lipinski definition) is 5. The van der Waals surface area contributed by atoms with Crippen LogP contribution in [0.2, 0.25) is 0 Å². The lowest BCUT2D eigenvalue weighted by atomic mass is 9.90. The second kappa shape index (κ2) is 8.77. The molecule has 1 aromatic carbocycles. The minimum absolute atomic E-state index is 0.130. The number of rotatable bonds is 7. The van der Waals surface area contributed by atoms with Crippen LogP contribution in [-0.4, -0.2) is 36.6 Å². The highest BCUT2D eigenvalue weighted by Crippen LogP contribution is 2.40. The molecule has 174 valence electrons. The molecular formula is C25H29N3O5. The molecule has 0 spiro atoms. The molecule has 33 heavy (non-hydrogen) atoms. The third kappa shape index (κ3) is 4.01. The molecule has 2 amide bonds. The highest BCUT2D eigenvalue weighted by atomic mass is 16.5. The highest BCUT2D eigenvalue weighted by Gasteiger charge is 2.45. The summed E-state index contributed by atoms with van der Waals surface area (Å²) in [5.41, 5.74) is 0.456. The van der Waals surface area contributed by atoms with E-state index in [9.17, 15) is 14.4 Å². The summed E-state index contributed by atoms with van der Waals surface area (Å²) in [6.45, 7) is 6.73. The van der Waals surface area contributed by atoms with Crippen molar-refractivity contribution in [2.45, 2.75) is 40.2 Å². The second-order valence-corrected chi connectivity index (χ2v) is 8.76. The number of aromatic nitrogens is 1. The second-order valence-electron chi connectivity index (χ2n) is 8.76. The van der Waals surface area contributed by atoms with Crippen LogP contribution >= 0.6 is 0 Å². The number of furan rings is 1. The fraction of sp³-hybridized carbons (Fsp3) is 0.400. The highest BCUT2D eigenvalue weighted by molar-refractivity contribution is 6.20. The maximum absolute atomic E-state index is 13.0. The number of unbranched alkanes of at least 4 members (excludes halogenated alkanes) is 1. The number of nitrogens with zero attached hydrogens (tertiary/aromatic N) is 3. The monoisotopic (exact) mass is 451 g/mol. The normalized spacial score (nSPS) is 15.6. The first-order chi connectivity index (χ1) is 15.8. The van der Waals surface area contributed by atoms with E-state index in [4.69, 9.17) is 9.15 Å². The van der Waals surface area contributed by atoms with Crippen molar-refractivity contribution in [2.24, 2.45) is 5.41 Å². The molecule has 1 aliphatic heterocycles. The van der Waals surface area contributed by atoms with Crippen molar-refractivity contribution in [3.05, 3.63) is 53.1 Å². The van der Waals surface area contributed by atoms with Gasteiger partial charge in [0.2, 0.25) is 11.8 Å². The fourth-order valence-electron chi connectivity index (χ4n) is 4.21. The molecule has 1 aliphatic rings. The summed E-state index contributed by atoms with van der Waals surface area (Å²) in [6.07, 6.45) is 4.82. The molecule has 0 saturated carbocycles. The molecular weight excluding hydrogens is 422 g/mol. The minimum Gasteiger partial charge on any atom is -0.494 e. The Morgan fingerprint density at radius 3 is 2.55 bits per heavy atom. The van der Waals surface area contributed by atoms with Gasteiger partial charge in [0.25, 0.3) is 5.56 Å². The average molecular weight is 452 g/mol. The van der Waals surface area contributed by atoms with Gasteiger partial charge in [-0.15, -0.1) is 0 Å². The molecule has 0 radical (unpaired) electrons. The number of amides is 2. The minimum atomic E-state index is -1.14. The predicted octanol–water partition coefficient (Wildman–Crippen LogP) is 3.81. The first-order valence-electron chi connectivity index (χ1n) is 11.2. The van der Waals surface area contributed by atoms with Crippen LogP contribution in [0.4, 0.5) is 11.4 Å². The van der Waals surface area contributed by atoms with Crippen molar-refractivity contribution < 1.29 is 18.7 Å². The van der Waals surface area contributed by atoms with E-state index in [1.807, 2.05) is 25.1 Å². The van der Waals surface area contributed by atoms with Gasteiger partial charge in [-0.1, -0.05) is 0 Å². The molecule has 0 saturated heterocycles. The van der Waals surface area contributed by atoms with E-state index >= 15 is 0 Å². The van der Waals surface area contributed by atoms with Crippen molar-refractivity contribution in [1.29, 1.82) is 0 Å². The van der Waals surface area contributed by atoms with E-state index in [0.717, 1.165) is 18.2 Å². The van der Waals surface area contributed by atoms with Gasteiger partial charge in [-0.2, -0.15) is 0 Å². The molecule has 0 fully saturated rings. The maximum Gasteiger partial charge on any atom is 0.294 e. The molecule has 2 aromatic heterocycles. The number of carbonyl (C=O) groups is 2. The largest absolute Gasteiger partial charge is 0.494 e. The molecule has 4 rings (SSSR count). The van der Waals surface area contributed by atoms with E-state index < -0.39 is 5.41 Å². The van der Waals surface area contributed by atoms with Gasteiger partial charge >= 0.3 is 0 Å². The number of aryl methyl sites for hydroxylation is 1. The predicted molar refractivity (Wildman–Crippen MR) is 127 cm³/mol. The van der Waals surface area contributed by atoms with Crippen molar-refractivity contribution in [1.82, 2.24) is 4.57 Å². The third-order valence-electron chi connectivity index (χ3n) is 6.18. The molecule has 0 bridgehead atoms. The summed E-state index contributed by atoms with van der Waals surface area (Å²) in [6, 6.07) is 9.10. The molecule has 0 N–H and O–H groups in total. The van der Waals surface area contributed by atoms with Crippen LogP contribution < -0.4 is 20.1 Å². The summed E-state index contributed by atoms with van der Waals surface area (Å²) in [5, 5.41) is 0.804. The topological polar surface area (TPSA) is 85.0 Å². The number of ether oxygens (including phenoxy) is 1. The van der Waals surface area contributed by atoms with Crippen LogP contribution in [0, 0.1) is 5.41 Å². The smallest absolute Gasteiger partial charge is 0.294 e. The number of benzene rings is 1. The van der Waals surface area contributed by atoms with E-state index in [1.165, 1.54) is 11.2 Å². The lowest BCUT2D eigenvalue weighted by Gasteiger charge is -2.27. The van der Waals surface area contributed by atoms with Gasteiger partial charge in [0.05, 0.1) is 24.2 Å². The van der Waals surface area contributed by atoms with Crippen LogP contribution in [0.15, 0.2) is 52.0 Å². The Bertz CT molecular complexity index is 1260. The van der Waals surface area contributed by atoms with Gasteiger partial charge in [0.15, 0.2) is 5.58 Å². The van der Waals surface area contributed by atoms with Gasteiger partial charge in [-0.25, -0.2) is 0 Å². The summed E-state index contributed by atoms with van der Waals surface area (Å²) < 4.78 is 12.8. The van der Waals surface area contributed by atoms with Crippen molar-refractivity contribution in [2.75, 3.05) is 30.0 Å². The van der Waals surface area contributed by atoms with Gasteiger partial charge in [0, 0.05) is 37.8 Å². The van der Waals surface area contributed by atoms with E-state index in [-0.39, 0.29) is 17.4 Å². The fourth-order valence-corrected chi connectivity index (χ4v) is 4.21. The van der Waals surface area contributed by atoms with Crippen LogP contribution in [0.3, 0.4) is 0 Å². The zero-order chi connectivity index (χ0) is 23.8. The van der Waals surface area contributed by atoms with E-state index in [0.29, 0.717) is 42.4 Å². The molecule has 8 heteroatoms. The Morgan fingerprint density at radius 2 is 1.79 bits per heavy atom. The van der Waals surface area contributed by atoms with Crippen LogP contribution in [-0.2, 0) is 16.1 Å². The number of fused-ring (bicyclic) bond motifs is 2. The molecule has 0 unspecified atom stereocenters. The maximum atomic E-state index is 13.0. The lowest BCUT2D eigenvalue weighted by Crippen LogP contribution is -2.47. The lowest BCUT2D eigenvalue weighted by molar-refractivity contribution is -0.137. The number of carbonyl (C=O) groups excluding carboxylic acids is 2. The van der Waals surface area contributed by atoms with E-state index in [2.05, 4.69) is 0 Å². The molecule has 0 aliphatic carbocycles. The van der Waals surface area contributed by atoms with Gasteiger partial charge < -0.3 is 23.5 Å². The van der Waals surface area contributed by atoms with Crippen molar-refractivity contribution in [3.63, 3.8) is 0 Å². The zero-order valence-electron chi connectivity index (χ0n) is 19.5. The summed E-state index contributed by atoms with van der Waals surface area (Å²) in [5.74, 6) is 0.170. The Kier molecular flexibility index (Phi) is 6.01. The van der Waals surface area contributed by atoms with Crippen molar-refractivity contribution in [3.8, 4) is 5.75 Å². The Labute approximate surface area is 192 Å². The van der Waals surface area contributed by atoms with Crippen LogP contribution in [0.1, 0.15) is 33.6 Å². The number of anilines is 2. The summed E-state index contributed by atoms with van der Waals surface area (Å²) >= 11 is 0. The Balaban J connectivity index is 1.41. The number of pyridine rings is 1. The third-order valence-corrected chi connectivity index (χ3v) is 6.18. The van der Waals surface area contributed by atoms with Crippen LogP contribution in [0.25, 0.3) is 11.0 Å². The van der Waals surface area contributed by atoms with Gasteiger partial charge in [-0.05, 0) is 57.9 Å². The quantitative estimate of drug-likeness (QED) is 0.403. The molecule has 0 atom stereocenters. The Morgan fingerprint density at radius 1 is 1.00 bits per heavy atom. The molecule has 3 aromatic rings. The number of hydrogen-bond donors (Lipinski definition) is 0. The van der Waals surface area contributed by atoms with Gasteiger partial charge in [0.1, 0.15) is 11.2 Å². The average Bonchev–Trinajstić information content (AvgIpc) is 3.28. The summed E-state index contributed by atoms with van der Waals surface area (Å²) in [4.78, 5) is 41.5. The molecule has 3 heterocycles. The first-order valence-corrected chi connectivity index (χ1v) is 11.2.